The second-order valence-electron chi connectivity index (χ2n) is 3.55. The number of carbonyl (C=O) groups is 1. The van der Waals surface area contributed by atoms with Crippen LogP contribution in [0, 0.1) is 6.92 Å². The van der Waals surface area contributed by atoms with Crippen LogP contribution >= 0.6 is 0 Å². The molecular weight excluding hydrogens is 220 g/mol. The molecule has 1 aromatic heterocycles. The van der Waals surface area contributed by atoms with Gasteiger partial charge in [0, 0.05) is 5.56 Å². The first-order valence-electron chi connectivity index (χ1n) is 5.09. The second kappa shape index (κ2) is 4.75. The summed E-state index contributed by atoms with van der Waals surface area (Å²) in [5.74, 6) is 0.600. The molecule has 1 aromatic carbocycles. The number of aromatic nitrogens is 3. The standard InChI is InChI=1S/C11H12N4O2/c1-7-12-11(15-14-7)13-10(17)9-4-2-8(6-16)3-5-9/h2-5,16H,6H2,1H3,(H2,12,13,14,15,17). The fourth-order valence-electron chi connectivity index (χ4n) is 1.33. The highest BCUT2D eigenvalue weighted by atomic mass is 16.3. The number of H-pyrrole nitrogens is 1. The number of aliphatic hydroxyl groups is 1. The van der Waals surface area contributed by atoms with E-state index in [4.69, 9.17) is 5.11 Å². The number of nitrogens with zero attached hydrogens (tertiary/aromatic N) is 2. The molecule has 88 valence electrons. The number of carbonyl (C=O) groups excluding carboxylic acids is 1. The van der Waals surface area contributed by atoms with Gasteiger partial charge >= 0.3 is 0 Å². The Morgan fingerprint density at radius 2 is 2.12 bits per heavy atom. The number of amides is 1. The van der Waals surface area contributed by atoms with E-state index in [1.165, 1.54) is 0 Å². The maximum absolute atomic E-state index is 11.8. The molecule has 2 rings (SSSR count). The molecule has 6 nitrogen and oxygen atoms in total. The Morgan fingerprint density at radius 3 is 2.65 bits per heavy atom. The van der Waals surface area contributed by atoms with Gasteiger partial charge in [0.1, 0.15) is 5.82 Å². The molecule has 1 amide bonds. The molecule has 1 heterocycles. The van der Waals surface area contributed by atoms with E-state index in [0.717, 1.165) is 5.56 Å². The normalized spacial score (nSPS) is 10.2. The number of aliphatic hydroxyl groups excluding tert-OH is 1. The number of hydrogen-bond donors (Lipinski definition) is 3. The highest BCUT2D eigenvalue weighted by molar-refractivity contribution is 6.03. The van der Waals surface area contributed by atoms with Crippen molar-refractivity contribution in [3.05, 3.63) is 41.2 Å². The lowest BCUT2D eigenvalue weighted by molar-refractivity contribution is 0.102. The molecule has 0 aliphatic heterocycles. The van der Waals surface area contributed by atoms with E-state index in [9.17, 15) is 4.79 Å². The summed E-state index contributed by atoms with van der Waals surface area (Å²) in [7, 11) is 0. The summed E-state index contributed by atoms with van der Waals surface area (Å²) >= 11 is 0. The minimum atomic E-state index is -0.284. The van der Waals surface area contributed by atoms with Gasteiger partial charge in [-0.3, -0.25) is 15.2 Å². The third-order valence-electron chi connectivity index (χ3n) is 2.22. The van der Waals surface area contributed by atoms with Crippen LogP contribution in [-0.4, -0.2) is 26.2 Å². The van der Waals surface area contributed by atoms with Crippen LogP contribution < -0.4 is 5.32 Å². The van der Waals surface area contributed by atoms with Crippen molar-refractivity contribution in [1.29, 1.82) is 0 Å². The molecule has 0 radical (unpaired) electrons. The zero-order valence-corrected chi connectivity index (χ0v) is 9.27. The number of hydrogen-bond acceptors (Lipinski definition) is 4. The highest BCUT2D eigenvalue weighted by Crippen LogP contribution is 2.07. The first-order chi connectivity index (χ1) is 8.19. The van der Waals surface area contributed by atoms with Gasteiger partial charge in [0.15, 0.2) is 0 Å². The molecule has 0 aliphatic rings. The summed E-state index contributed by atoms with van der Waals surface area (Å²) in [5.41, 5.74) is 1.25. The van der Waals surface area contributed by atoms with Gasteiger partial charge in [0.05, 0.1) is 6.61 Å². The second-order valence-corrected chi connectivity index (χ2v) is 3.55. The summed E-state index contributed by atoms with van der Waals surface area (Å²) in [6.45, 7) is 1.71. The SMILES string of the molecule is Cc1nc(NC(=O)c2ccc(CO)cc2)n[nH]1. The van der Waals surface area contributed by atoms with E-state index in [2.05, 4.69) is 20.5 Å². The maximum atomic E-state index is 11.8. The fraction of sp³-hybridized carbons (Fsp3) is 0.182. The Kier molecular flexibility index (Phi) is 3.15. The third-order valence-corrected chi connectivity index (χ3v) is 2.22. The minimum Gasteiger partial charge on any atom is -0.392 e. The molecular formula is C11H12N4O2. The van der Waals surface area contributed by atoms with E-state index in [1.807, 2.05) is 0 Å². The largest absolute Gasteiger partial charge is 0.392 e. The number of aryl methyl sites for hydroxylation is 1. The Balaban J connectivity index is 2.09. The number of benzene rings is 1. The maximum Gasteiger partial charge on any atom is 0.258 e. The number of anilines is 1. The molecule has 0 saturated heterocycles. The third kappa shape index (κ3) is 2.67. The minimum absolute atomic E-state index is 0.0397. The number of aromatic amines is 1. The molecule has 0 bridgehead atoms. The van der Waals surface area contributed by atoms with Crippen LogP contribution in [0.15, 0.2) is 24.3 Å². The summed E-state index contributed by atoms with van der Waals surface area (Å²) in [5, 5.41) is 17.9. The van der Waals surface area contributed by atoms with Gasteiger partial charge in [-0.25, -0.2) is 0 Å². The monoisotopic (exact) mass is 232 g/mol. The molecule has 0 saturated carbocycles. The van der Waals surface area contributed by atoms with Crippen molar-refractivity contribution < 1.29 is 9.90 Å². The summed E-state index contributed by atoms with van der Waals surface area (Å²) in [4.78, 5) is 15.7. The van der Waals surface area contributed by atoms with Crippen molar-refractivity contribution in [2.75, 3.05) is 5.32 Å². The smallest absolute Gasteiger partial charge is 0.258 e. The van der Waals surface area contributed by atoms with Gasteiger partial charge in [-0.15, -0.1) is 5.10 Å². The number of rotatable bonds is 3. The molecule has 17 heavy (non-hydrogen) atoms. The van der Waals surface area contributed by atoms with E-state index in [0.29, 0.717) is 11.4 Å². The molecule has 0 atom stereocenters. The quantitative estimate of drug-likeness (QED) is 0.731. The molecule has 0 spiro atoms. The first kappa shape index (κ1) is 11.3. The van der Waals surface area contributed by atoms with Crippen LogP contribution in [-0.2, 0) is 6.61 Å². The molecule has 6 heteroatoms. The Morgan fingerprint density at radius 1 is 1.41 bits per heavy atom. The lowest BCUT2D eigenvalue weighted by atomic mass is 10.1. The van der Waals surface area contributed by atoms with Gasteiger partial charge in [-0.05, 0) is 24.6 Å². The molecule has 0 fully saturated rings. The van der Waals surface area contributed by atoms with Crippen molar-refractivity contribution in [2.24, 2.45) is 0 Å². The Labute approximate surface area is 97.7 Å². The topological polar surface area (TPSA) is 90.9 Å². The zero-order chi connectivity index (χ0) is 12.3. The van der Waals surface area contributed by atoms with Crippen molar-refractivity contribution in [2.45, 2.75) is 13.5 Å². The average Bonchev–Trinajstić information content (AvgIpc) is 2.75. The molecule has 3 N–H and O–H groups in total. The van der Waals surface area contributed by atoms with E-state index in [1.54, 1.807) is 31.2 Å². The highest BCUT2D eigenvalue weighted by Gasteiger charge is 2.08. The zero-order valence-electron chi connectivity index (χ0n) is 9.27. The van der Waals surface area contributed by atoms with Crippen molar-refractivity contribution in [1.82, 2.24) is 15.2 Å². The molecule has 0 aliphatic carbocycles. The first-order valence-corrected chi connectivity index (χ1v) is 5.09. The van der Waals surface area contributed by atoms with Crippen molar-refractivity contribution in [3.63, 3.8) is 0 Å². The van der Waals surface area contributed by atoms with Crippen molar-refractivity contribution >= 4 is 11.9 Å². The lowest BCUT2D eigenvalue weighted by Crippen LogP contribution is -2.13. The van der Waals surface area contributed by atoms with Gasteiger partial charge in [-0.1, -0.05) is 12.1 Å². The summed E-state index contributed by atoms with van der Waals surface area (Å²) in [6, 6.07) is 6.66. The number of nitrogens with one attached hydrogen (secondary N) is 2. The van der Waals surface area contributed by atoms with Crippen LogP contribution in [0.5, 0.6) is 0 Å². The molecule has 0 unspecified atom stereocenters. The Hall–Kier alpha value is -2.21. The Bertz CT molecular complexity index is 519. The van der Waals surface area contributed by atoms with E-state index < -0.39 is 0 Å². The van der Waals surface area contributed by atoms with Gasteiger partial charge < -0.3 is 5.11 Å². The van der Waals surface area contributed by atoms with E-state index in [-0.39, 0.29) is 18.5 Å². The van der Waals surface area contributed by atoms with Crippen LogP contribution in [0.3, 0.4) is 0 Å². The van der Waals surface area contributed by atoms with Gasteiger partial charge in [0.25, 0.3) is 5.91 Å². The lowest BCUT2D eigenvalue weighted by Gasteiger charge is -2.01. The van der Waals surface area contributed by atoms with Gasteiger partial charge in [0.2, 0.25) is 5.95 Å². The molecule has 2 aromatic rings. The van der Waals surface area contributed by atoms with Crippen LogP contribution in [0.2, 0.25) is 0 Å². The van der Waals surface area contributed by atoms with Crippen molar-refractivity contribution in [3.8, 4) is 0 Å². The van der Waals surface area contributed by atoms with Crippen LogP contribution in [0.25, 0.3) is 0 Å². The summed E-state index contributed by atoms with van der Waals surface area (Å²) < 4.78 is 0. The predicted octanol–water partition coefficient (Wildman–Crippen LogP) is 0.858. The van der Waals surface area contributed by atoms with E-state index >= 15 is 0 Å². The fourth-order valence-corrected chi connectivity index (χ4v) is 1.33. The van der Waals surface area contributed by atoms with Crippen LogP contribution in [0.1, 0.15) is 21.7 Å². The van der Waals surface area contributed by atoms with Crippen LogP contribution in [0.4, 0.5) is 5.95 Å². The predicted molar refractivity (Wildman–Crippen MR) is 61.4 cm³/mol. The summed E-state index contributed by atoms with van der Waals surface area (Å²) in [6.07, 6.45) is 0. The average molecular weight is 232 g/mol. The van der Waals surface area contributed by atoms with Gasteiger partial charge in [-0.2, -0.15) is 4.98 Å².